The lowest BCUT2D eigenvalue weighted by Gasteiger charge is -2.17. The minimum absolute atomic E-state index is 0.156. The van der Waals surface area contributed by atoms with Crippen LogP contribution in [0.15, 0.2) is 23.2 Å². The van der Waals surface area contributed by atoms with E-state index in [0.717, 1.165) is 13.0 Å². The molecule has 2 heterocycles. The van der Waals surface area contributed by atoms with Crippen molar-refractivity contribution in [3.8, 4) is 0 Å². The van der Waals surface area contributed by atoms with Crippen molar-refractivity contribution in [2.24, 2.45) is 5.14 Å². The van der Waals surface area contributed by atoms with Crippen molar-refractivity contribution >= 4 is 21.4 Å². The molecule has 21 heavy (non-hydrogen) atoms. The van der Waals surface area contributed by atoms with E-state index in [1.165, 1.54) is 0 Å². The Labute approximate surface area is 126 Å². The van der Waals surface area contributed by atoms with Gasteiger partial charge < -0.3 is 15.4 Å². The van der Waals surface area contributed by atoms with Crippen LogP contribution in [0.1, 0.15) is 20.3 Å². The fourth-order valence-electron chi connectivity index (χ4n) is 2.33. The Kier molecular flexibility index (Phi) is 4.88. The van der Waals surface area contributed by atoms with Gasteiger partial charge in [-0.05, 0) is 38.3 Å². The molecule has 0 amide bonds. The number of hydrogen-bond acceptors (Lipinski definition) is 5. The first-order valence-electron chi connectivity index (χ1n) is 6.99. The van der Waals surface area contributed by atoms with Crippen LogP contribution in [0.5, 0.6) is 0 Å². The number of hydrogen-bond donors (Lipinski definition) is 3. The average molecular weight is 312 g/mol. The van der Waals surface area contributed by atoms with Gasteiger partial charge in [0.15, 0.2) is 0 Å². The Hall–Kier alpha value is -1.15. The number of ether oxygens (including phenoxy) is 1. The lowest BCUT2D eigenvalue weighted by molar-refractivity contribution is 0.0706. The summed E-state index contributed by atoms with van der Waals surface area (Å²) in [5, 5.41) is 12.3. The largest absolute Gasteiger partial charge is 0.375 e. The molecule has 1 aromatic rings. The molecule has 118 valence electrons. The first kappa shape index (κ1) is 16.2. The molecule has 7 heteroatoms. The summed E-state index contributed by atoms with van der Waals surface area (Å²) in [6, 6.07) is 5.17. The fraction of sp³-hybridized carbons (Fsp3) is 0.571. The van der Waals surface area contributed by atoms with E-state index in [1.807, 2.05) is 0 Å². The van der Waals surface area contributed by atoms with Gasteiger partial charge in [-0.15, -0.1) is 0 Å². The predicted molar refractivity (Wildman–Crippen MR) is 86.9 cm³/mol. The zero-order valence-electron chi connectivity index (χ0n) is 12.6. The van der Waals surface area contributed by atoms with Crippen molar-refractivity contribution in [1.29, 1.82) is 0 Å². The number of aromatic nitrogens is 1. The van der Waals surface area contributed by atoms with Crippen molar-refractivity contribution in [2.75, 3.05) is 25.0 Å². The number of rotatable bonds is 6. The van der Waals surface area contributed by atoms with Crippen LogP contribution in [-0.2, 0) is 14.4 Å². The molecular weight excluding hydrogens is 288 g/mol. The SMILES string of the molecule is C=S(N)(=O)c1cccc(NCCOC2CNC(C)(C)C2)n1. The third-order valence-electron chi connectivity index (χ3n) is 3.39. The van der Waals surface area contributed by atoms with Gasteiger partial charge in [0.1, 0.15) is 10.8 Å². The summed E-state index contributed by atoms with van der Waals surface area (Å²) in [5.41, 5.74) is 0.156. The summed E-state index contributed by atoms with van der Waals surface area (Å²) in [6.07, 6.45) is 1.26. The minimum atomic E-state index is -2.77. The summed E-state index contributed by atoms with van der Waals surface area (Å²) in [5.74, 6) is 4.06. The Morgan fingerprint density at radius 1 is 1.62 bits per heavy atom. The van der Waals surface area contributed by atoms with Gasteiger partial charge in [0.05, 0.1) is 22.4 Å². The van der Waals surface area contributed by atoms with E-state index < -0.39 is 9.71 Å². The Balaban J connectivity index is 1.77. The van der Waals surface area contributed by atoms with Crippen molar-refractivity contribution in [2.45, 2.75) is 36.9 Å². The lowest BCUT2D eigenvalue weighted by Crippen LogP contribution is -2.31. The second-order valence-electron chi connectivity index (χ2n) is 5.98. The fourth-order valence-corrected chi connectivity index (χ4v) is 2.89. The molecule has 0 radical (unpaired) electrons. The van der Waals surface area contributed by atoms with Crippen LogP contribution in [0.2, 0.25) is 0 Å². The normalized spacial score (nSPS) is 23.7. The summed E-state index contributed by atoms with van der Waals surface area (Å²) in [6.45, 7) is 6.46. The maximum Gasteiger partial charge on any atom is 0.135 e. The van der Waals surface area contributed by atoms with E-state index in [-0.39, 0.29) is 11.6 Å². The zero-order valence-corrected chi connectivity index (χ0v) is 13.4. The molecule has 1 aliphatic heterocycles. The van der Waals surface area contributed by atoms with Crippen molar-refractivity contribution in [3.05, 3.63) is 18.2 Å². The van der Waals surface area contributed by atoms with Crippen LogP contribution in [0.3, 0.4) is 0 Å². The molecule has 2 unspecified atom stereocenters. The third-order valence-corrected chi connectivity index (χ3v) is 4.32. The van der Waals surface area contributed by atoms with Gasteiger partial charge in [-0.25, -0.2) is 9.19 Å². The number of nitrogens with zero attached hydrogens (tertiary/aromatic N) is 1. The molecule has 1 saturated heterocycles. The molecule has 2 atom stereocenters. The Morgan fingerprint density at radius 2 is 2.38 bits per heavy atom. The van der Waals surface area contributed by atoms with Crippen LogP contribution < -0.4 is 15.8 Å². The topological polar surface area (TPSA) is 89.3 Å². The van der Waals surface area contributed by atoms with Gasteiger partial charge in [0.25, 0.3) is 0 Å². The lowest BCUT2D eigenvalue weighted by atomic mass is 10.0. The quantitative estimate of drug-likeness (QED) is 0.529. The number of anilines is 1. The van der Waals surface area contributed by atoms with E-state index in [2.05, 4.69) is 35.3 Å². The van der Waals surface area contributed by atoms with E-state index in [1.54, 1.807) is 18.2 Å². The highest BCUT2D eigenvalue weighted by Crippen LogP contribution is 2.20. The molecule has 1 aliphatic rings. The molecule has 1 fully saturated rings. The number of nitrogens with one attached hydrogen (secondary N) is 2. The molecule has 2 rings (SSSR count). The maximum absolute atomic E-state index is 11.7. The summed E-state index contributed by atoms with van der Waals surface area (Å²) in [4.78, 5) is 4.19. The second-order valence-corrected chi connectivity index (χ2v) is 7.85. The van der Waals surface area contributed by atoms with Crippen molar-refractivity contribution in [1.82, 2.24) is 10.3 Å². The maximum atomic E-state index is 11.7. The standard InChI is InChI=1S/C14H24N4O2S/c1-14(2)9-11(10-17-14)20-8-7-16-12-5-4-6-13(18-12)21(3,15)19/h4-6,11,17H,3,7-10H2,1-2H3,(H2,15,19)(H,16,18). The number of pyridine rings is 1. The first-order chi connectivity index (χ1) is 9.76. The van der Waals surface area contributed by atoms with Gasteiger partial charge in [-0.3, -0.25) is 5.14 Å². The highest BCUT2D eigenvalue weighted by molar-refractivity contribution is 7.98. The summed E-state index contributed by atoms with van der Waals surface area (Å²) in [7, 11) is -2.77. The molecular formula is C14H24N4O2S. The van der Waals surface area contributed by atoms with Gasteiger partial charge in [-0.1, -0.05) is 6.07 Å². The third kappa shape index (κ3) is 4.96. The molecule has 0 aromatic carbocycles. The van der Waals surface area contributed by atoms with Gasteiger partial charge in [0.2, 0.25) is 0 Å². The summed E-state index contributed by atoms with van der Waals surface area (Å²) >= 11 is 0. The van der Waals surface area contributed by atoms with Crippen LogP contribution in [0.25, 0.3) is 0 Å². The van der Waals surface area contributed by atoms with Gasteiger partial charge >= 0.3 is 0 Å². The highest BCUT2D eigenvalue weighted by Gasteiger charge is 2.30. The van der Waals surface area contributed by atoms with Gasteiger partial charge in [-0.2, -0.15) is 0 Å². The molecule has 0 bridgehead atoms. The van der Waals surface area contributed by atoms with E-state index in [0.29, 0.717) is 24.0 Å². The van der Waals surface area contributed by atoms with Crippen molar-refractivity contribution < 1.29 is 8.95 Å². The monoisotopic (exact) mass is 312 g/mol. The van der Waals surface area contributed by atoms with Crippen molar-refractivity contribution in [3.63, 3.8) is 0 Å². The van der Waals surface area contributed by atoms with E-state index >= 15 is 0 Å². The second kappa shape index (κ2) is 6.31. The van der Waals surface area contributed by atoms with Crippen LogP contribution in [-0.4, -0.2) is 46.4 Å². The molecule has 4 N–H and O–H groups in total. The smallest absolute Gasteiger partial charge is 0.135 e. The molecule has 0 saturated carbocycles. The van der Waals surface area contributed by atoms with E-state index in [9.17, 15) is 4.21 Å². The average Bonchev–Trinajstić information content (AvgIpc) is 2.74. The predicted octanol–water partition coefficient (Wildman–Crippen LogP) is 0.600. The molecule has 0 spiro atoms. The minimum Gasteiger partial charge on any atom is -0.375 e. The molecule has 0 aliphatic carbocycles. The first-order valence-corrected chi connectivity index (χ1v) is 8.78. The number of nitrogens with two attached hydrogens (primary N) is 1. The highest BCUT2D eigenvalue weighted by atomic mass is 32.2. The Bertz CT molecular complexity index is 586. The zero-order chi connectivity index (χ0) is 15.5. The summed E-state index contributed by atoms with van der Waals surface area (Å²) < 4.78 is 17.5. The van der Waals surface area contributed by atoms with E-state index in [4.69, 9.17) is 9.88 Å². The molecule has 6 nitrogen and oxygen atoms in total. The van der Waals surface area contributed by atoms with Gasteiger partial charge in [0, 0.05) is 18.6 Å². The van der Waals surface area contributed by atoms with Crippen LogP contribution in [0.4, 0.5) is 5.82 Å². The van der Waals surface area contributed by atoms with Crippen LogP contribution >= 0.6 is 0 Å². The Morgan fingerprint density at radius 3 is 3.00 bits per heavy atom. The van der Waals surface area contributed by atoms with Crippen LogP contribution in [0, 0.1) is 0 Å². The molecule has 1 aromatic heterocycles.